The van der Waals surface area contributed by atoms with Crippen molar-refractivity contribution < 1.29 is 0 Å². The van der Waals surface area contributed by atoms with E-state index in [1.807, 2.05) is 30.5 Å². The second kappa shape index (κ2) is 4.61. The van der Waals surface area contributed by atoms with Crippen LogP contribution in [0.15, 0.2) is 29.4 Å². The van der Waals surface area contributed by atoms with Gasteiger partial charge in [0.25, 0.3) is 0 Å². The molecule has 1 heterocycles. The van der Waals surface area contributed by atoms with Crippen molar-refractivity contribution in [2.45, 2.75) is 12.8 Å². The summed E-state index contributed by atoms with van der Waals surface area (Å²) in [6, 6.07) is 9.55. The van der Waals surface area contributed by atoms with Crippen molar-refractivity contribution in [3.8, 4) is 6.07 Å². The summed E-state index contributed by atoms with van der Waals surface area (Å²) in [6.45, 7) is 2.12. The van der Waals surface area contributed by atoms with Gasteiger partial charge in [-0.1, -0.05) is 12.1 Å². The van der Waals surface area contributed by atoms with Crippen LogP contribution in [0.4, 0.5) is 0 Å². The molecule has 0 aliphatic carbocycles. The van der Waals surface area contributed by atoms with Crippen molar-refractivity contribution >= 4 is 6.21 Å². The molecule has 0 atom stereocenters. The molecule has 0 bridgehead atoms. The fourth-order valence-corrected chi connectivity index (χ4v) is 1.61. The van der Waals surface area contributed by atoms with Crippen molar-refractivity contribution in [2.75, 3.05) is 13.1 Å². The molecule has 15 heavy (non-hydrogen) atoms. The van der Waals surface area contributed by atoms with Crippen LogP contribution >= 0.6 is 0 Å². The van der Waals surface area contributed by atoms with E-state index in [4.69, 9.17) is 5.26 Å². The highest BCUT2D eigenvalue weighted by Gasteiger charge is 2.07. The average Bonchev–Trinajstić information content (AvgIpc) is 2.80. The van der Waals surface area contributed by atoms with Gasteiger partial charge in [0.05, 0.1) is 17.8 Å². The van der Waals surface area contributed by atoms with Crippen LogP contribution in [0.2, 0.25) is 0 Å². The van der Waals surface area contributed by atoms with Crippen LogP contribution in [0.3, 0.4) is 0 Å². The zero-order valence-electron chi connectivity index (χ0n) is 8.56. The van der Waals surface area contributed by atoms with Crippen molar-refractivity contribution in [3.63, 3.8) is 0 Å². The Morgan fingerprint density at radius 1 is 1.20 bits per heavy atom. The zero-order valence-corrected chi connectivity index (χ0v) is 8.56. The van der Waals surface area contributed by atoms with Gasteiger partial charge in [0, 0.05) is 13.1 Å². The van der Waals surface area contributed by atoms with E-state index in [-0.39, 0.29) is 0 Å². The first-order chi connectivity index (χ1) is 7.38. The van der Waals surface area contributed by atoms with Gasteiger partial charge in [-0.25, -0.2) is 0 Å². The van der Waals surface area contributed by atoms with Gasteiger partial charge >= 0.3 is 0 Å². The lowest BCUT2D eigenvalue weighted by molar-refractivity contribution is 0.362. The maximum atomic E-state index is 8.64. The first kappa shape index (κ1) is 9.72. The van der Waals surface area contributed by atoms with Gasteiger partial charge in [-0.05, 0) is 30.5 Å². The molecule has 1 aliphatic heterocycles. The third kappa shape index (κ3) is 2.57. The molecule has 3 nitrogen and oxygen atoms in total. The summed E-state index contributed by atoms with van der Waals surface area (Å²) < 4.78 is 0. The van der Waals surface area contributed by atoms with E-state index in [0.29, 0.717) is 5.56 Å². The van der Waals surface area contributed by atoms with Gasteiger partial charge in [-0.3, -0.25) is 5.01 Å². The number of hydrogen-bond acceptors (Lipinski definition) is 3. The molecule has 1 aliphatic rings. The number of hydrogen-bond donors (Lipinski definition) is 0. The van der Waals surface area contributed by atoms with Crippen molar-refractivity contribution in [2.24, 2.45) is 5.10 Å². The van der Waals surface area contributed by atoms with Crippen LogP contribution in [-0.4, -0.2) is 24.3 Å². The largest absolute Gasteiger partial charge is 0.297 e. The predicted molar refractivity (Wildman–Crippen MR) is 59.6 cm³/mol. The summed E-state index contributed by atoms with van der Waals surface area (Å²) in [7, 11) is 0. The topological polar surface area (TPSA) is 39.4 Å². The molecule has 0 aromatic heterocycles. The maximum absolute atomic E-state index is 8.64. The third-order valence-corrected chi connectivity index (χ3v) is 2.49. The molecule has 0 N–H and O–H groups in total. The van der Waals surface area contributed by atoms with Gasteiger partial charge < -0.3 is 0 Å². The summed E-state index contributed by atoms with van der Waals surface area (Å²) in [6.07, 6.45) is 4.34. The van der Waals surface area contributed by atoms with Gasteiger partial charge in [-0.15, -0.1) is 0 Å². The Labute approximate surface area is 89.6 Å². The molecule has 0 amide bonds. The average molecular weight is 199 g/mol. The third-order valence-electron chi connectivity index (χ3n) is 2.49. The molecular weight excluding hydrogens is 186 g/mol. The first-order valence-electron chi connectivity index (χ1n) is 5.17. The Morgan fingerprint density at radius 2 is 1.87 bits per heavy atom. The van der Waals surface area contributed by atoms with Crippen molar-refractivity contribution in [3.05, 3.63) is 35.4 Å². The number of benzene rings is 1. The summed E-state index contributed by atoms with van der Waals surface area (Å²) in [5, 5.41) is 15.1. The van der Waals surface area contributed by atoms with Crippen molar-refractivity contribution in [1.82, 2.24) is 5.01 Å². The Morgan fingerprint density at radius 3 is 2.47 bits per heavy atom. The number of nitrogens with zero attached hydrogens (tertiary/aromatic N) is 3. The van der Waals surface area contributed by atoms with Gasteiger partial charge in [0.15, 0.2) is 0 Å². The van der Waals surface area contributed by atoms with E-state index in [0.717, 1.165) is 18.7 Å². The Balaban J connectivity index is 2.01. The standard InChI is InChI=1S/C12H13N3/c13-9-11-3-5-12(6-4-11)10-14-15-7-1-2-8-15/h3-6,10H,1-2,7-8H2/b14-10+. The Hall–Kier alpha value is -1.82. The van der Waals surface area contributed by atoms with E-state index < -0.39 is 0 Å². The molecule has 3 heteroatoms. The van der Waals surface area contributed by atoms with Crippen LogP contribution in [0.1, 0.15) is 24.0 Å². The van der Waals surface area contributed by atoms with E-state index in [1.54, 1.807) is 0 Å². The molecule has 1 saturated heterocycles. The van der Waals surface area contributed by atoms with Crippen LogP contribution in [0.5, 0.6) is 0 Å². The van der Waals surface area contributed by atoms with Crippen LogP contribution in [0.25, 0.3) is 0 Å². The van der Waals surface area contributed by atoms with E-state index >= 15 is 0 Å². The second-order valence-corrected chi connectivity index (χ2v) is 3.64. The minimum atomic E-state index is 0.688. The lowest BCUT2D eigenvalue weighted by Gasteiger charge is -2.08. The fourth-order valence-electron chi connectivity index (χ4n) is 1.61. The van der Waals surface area contributed by atoms with E-state index in [9.17, 15) is 0 Å². The zero-order chi connectivity index (χ0) is 10.5. The SMILES string of the molecule is N#Cc1ccc(/C=N/N2CCCC2)cc1. The minimum absolute atomic E-state index is 0.688. The van der Waals surface area contributed by atoms with Gasteiger partial charge in [-0.2, -0.15) is 10.4 Å². The van der Waals surface area contributed by atoms with Crippen molar-refractivity contribution in [1.29, 1.82) is 5.26 Å². The maximum Gasteiger partial charge on any atom is 0.0991 e. The normalized spacial score (nSPS) is 15.8. The lowest BCUT2D eigenvalue weighted by atomic mass is 10.2. The highest BCUT2D eigenvalue weighted by molar-refractivity contribution is 5.79. The van der Waals surface area contributed by atoms with Crippen LogP contribution in [-0.2, 0) is 0 Å². The molecule has 1 aromatic rings. The van der Waals surface area contributed by atoms with E-state index in [2.05, 4.69) is 16.2 Å². The minimum Gasteiger partial charge on any atom is -0.297 e. The van der Waals surface area contributed by atoms with Crippen LogP contribution < -0.4 is 0 Å². The van der Waals surface area contributed by atoms with Gasteiger partial charge in [0.1, 0.15) is 0 Å². The van der Waals surface area contributed by atoms with E-state index in [1.165, 1.54) is 12.8 Å². The number of nitriles is 1. The first-order valence-corrected chi connectivity index (χ1v) is 5.17. The highest BCUT2D eigenvalue weighted by atomic mass is 15.5. The molecule has 0 saturated carbocycles. The smallest absolute Gasteiger partial charge is 0.0991 e. The monoisotopic (exact) mass is 199 g/mol. The summed E-state index contributed by atoms with van der Waals surface area (Å²) in [5.74, 6) is 0. The predicted octanol–water partition coefficient (Wildman–Crippen LogP) is 1.99. The summed E-state index contributed by atoms with van der Waals surface area (Å²) in [4.78, 5) is 0. The molecule has 0 radical (unpaired) electrons. The summed E-state index contributed by atoms with van der Waals surface area (Å²) >= 11 is 0. The number of hydrazone groups is 1. The van der Waals surface area contributed by atoms with Gasteiger partial charge in [0.2, 0.25) is 0 Å². The summed E-state index contributed by atoms with van der Waals surface area (Å²) in [5.41, 5.74) is 1.73. The number of rotatable bonds is 2. The molecule has 1 aromatic carbocycles. The molecule has 1 fully saturated rings. The molecule has 0 spiro atoms. The molecule has 0 unspecified atom stereocenters. The lowest BCUT2D eigenvalue weighted by Crippen LogP contribution is -2.11. The Bertz CT molecular complexity index is 380. The Kier molecular flexibility index (Phi) is 2.99. The molecular formula is C12H13N3. The molecule has 2 rings (SSSR count). The quantitative estimate of drug-likeness (QED) is 0.683. The molecule has 76 valence electrons. The fraction of sp³-hybridized carbons (Fsp3) is 0.333. The van der Waals surface area contributed by atoms with Crippen LogP contribution in [0, 0.1) is 11.3 Å². The highest BCUT2D eigenvalue weighted by Crippen LogP contribution is 2.07. The second-order valence-electron chi connectivity index (χ2n) is 3.64.